The molecule has 0 bridgehead atoms. The second-order valence-electron chi connectivity index (χ2n) is 6.08. The minimum absolute atomic E-state index is 0.0868. The van der Waals surface area contributed by atoms with E-state index >= 15 is 0 Å². The summed E-state index contributed by atoms with van der Waals surface area (Å²) in [6.07, 6.45) is 1.60. The van der Waals surface area contributed by atoms with Crippen molar-refractivity contribution in [1.82, 2.24) is 0 Å². The molecule has 0 aromatic rings. The maximum absolute atomic E-state index is 11.9. The molecule has 0 saturated carbocycles. The molecule has 0 atom stereocenters. The maximum Gasteiger partial charge on any atom is 0.310 e. The van der Waals surface area contributed by atoms with Crippen molar-refractivity contribution in [3.63, 3.8) is 0 Å². The van der Waals surface area contributed by atoms with E-state index in [1.54, 1.807) is 6.08 Å². The molecule has 0 aliphatic rings. The molecule has 2 heteroatoms. The van der Waals surface area contributed by atoms with Gasteiger partial charge in [0.05, 0.1) is 5.92 Å². The first-order valence-corrected chi connectivity index (χ1v) is 5.38. The highest BCUT2D eigenvalue weighted by atomic mass is 16.5. The van der Waals surface area contributed by atoms with E-state index in [1.165, 1.54) is 0 Å². The molecule has 15 heavy (non-hydrogen) atoms. The van der Waals surface area contributed by atoms with Gasteiger partial charge in [0, 0.05) is 0 Å². The maximum atomic E-state index is 11.9. The van der Waals surface area contributed by atoms with Crippen LogP contribution < -0.4 is 0 Å². The van der Waals surface area contributed by atoms with Gasteiger partial charge in [0.2, 0.25) is 0 Å². The second kappa shape index (κ2) is 4.82. The van der Waals surface area contributed by atoms with Gasteiger partial charge in [-0.2, -0.15) is 0 Å². The molecule has 0 aromatic heterocycles. The lowest BCUT2D eigenvalue weighted by Crippen LogP contribution is -2.40. The van der Waals surface area contributed by atoms with Crippen LogP contribution in [0.3, 0.4) is 0 Å². The summed E-state index contributed by atoms with van der Waals surface area (Å²) < 4.78 is 5.15. The summed E-state index contributed by atoms with van der Waals surface area (Å²) in [5.41, 5.74) is -0.174. The molecule has 0 aromatic carbocycles. The lowest BCUT2D eigenvalue weighted by Gasteiger charge is -2.38. The van der Waals surface area contributed by atoms with Gasteiger partial charge in [0.1, 0.15) is 6.61 Å². The van der Waals surface area contributed by atoms with Gasteiger partial charge in [0.25, 0.3) is 0 Å². The van der Waals surface area contributed by atoms with Crippen molar-refractivity contribution < 1.29 is 9.53 Å². The molecule has 0 spiro atoms. The zero-order valence-corrected chi connectivity index (χ0v) is 10.9. The molecule has 0 heterocycles. The Bertz CT molecular complexity index is 214. The second-order valence-corrected chi connectivity index (χ2v) is 6.08. The number of rotatable bonds is 3. The summed E-state index contributed by atoms with van der Waals surface area (Å²) in [4.78, 5) is 11.9. The molecule has 0 saturated heterocycles. The van der Waals surface area contributed by atoms with Gasteiger partial charge in [-0.25, -0.2) is 0 Å². The Morgan fingerprint density at radius 3 is 1.87 bits per heavy atom. The Morgan fingerprint density at radius 1 is 1.20 bits per heavy atom. The van der Waals surface area contributed by atoms with Crippen molar-refractivity contribution >= 4 is 5.97 Å². The van der Waals surface area contributed by atoms with Gasteiger partial charge in [-0.15, -0.1) is 0 Å². The Balaban J connectivity index is 4.81. The van der Waals surface area contributed by atoms with Gasteiger partial charge in [-0.05, 0) is 10.8 Å². The Hall–Kier alpha value is -0.790. The van der Waals surface area contributed by atoms with Crippen LogP contribution >= 0.6 is 0 Å². The van der Waals surface area contributed by atoms with Crippen LogP contribution in [0.2, 0.25) is 0 Å². The van der Waals surface area contributed by atoms with Gasteiger partial charge in [0.15, 0.2) is 0 Å². The van der Waals surface area contributed by atoms with Crippen molar-refractivity contribution in [1.29, 1.82) is 0 Å². The monoisotopic (exact) mass is 212 g/mol. The molecule has 0 N–H and O–H groups in total. The molecular formula is C13H24O2. The van der Waals surface area contributed by atoms with E-state index in [4.69, 9.17) is 4.74 Å². The summed E-state index contributed by atoms with van der Waals surface area (Å²) in [6.45, 7) is 16.2. The SMILES string of the molecule is C=CCOC(=O)C(C(C)(C)C)C(C)(C)C. The Labute approximate surface area is 93.7 Å². The van der Waals surface area contributed by atoms with E-state index in [2.05, 4.69) is 48.1 Å². The van der Waals surface area contributed by atoms with E-state index in [0.717, 1.165) is 0 Å². The zero-order valence-electron chi connectivity index (χ0n) is 10.9. The quantitative estimate of drug-likeness (QED) is 0.529. The summed E-state index contributed by atoms with van der Waals surface area (Å²) in [5.74, 6) is -0.236. The topological polar surface area (TPSA) is 26.3 Å². The predicted octanol–water partition coefficient (Wildman–Crippen LogP) is 3.42. The van der Waals surface area contributed by atoms with Crippen LogP contribution in [-0.2, 0) is 9.53 Å². The first-order chi connectivity index (χ1) is 6.60. The van der Waals surface area contributed by atoms with Crippen LogP contribution in [-0.4, -0.2) is 12.6 Å². The number of esters is 1. The highest BCUT2D eigenvalue weighted by Crippen LogP contribution is 2.40. The van der Waals surface area contributed by atoms with Gasteiger partial charge in [-0.3, -0.25) is 4.79 Å². The fourth-order valence-electron chi connectivity index (χ4n) is 2.23. The van der Waals surface area contributed by atoms with Gasteiger partial charge < -0.3 is 4.74 Å². The average molecular weight is 212 g/mol. The minimum atomic E-state index is -0.130. The standard InChI is InChI=1S/C13H24O2/c1-8-9-15-11(14)10(12(2,3)4)13(5,6)7/h8,10H,1,9H2,2-7H3. The smallest absolute Gasteiger partial charge is 0.310 e. The number of carbonyl (C=O) groups is 1. The number of hydrogen-bond acceptors (Lipinski definition) is 2. The molecule has 88 valence electrons. The minimum Gasteiger partial charge on any atom is -0.461 e. The van der Waals surface area contributed by atoms with Crippen LogP contribution in [0.25, 0.3) is 0 Å². The third-order valence-electron chi connectivity index (χ3n) is 2.31. The molecule has 0 fully saturated rings. The molecular weight excluding hydrogens is 188 g/mol. The fourth-order valence-corrected chi connectivity index (χ4v) is 2.23. The van der Waals surface area contributed by atoms with E-state index in [-0.39, 0.29) is 22.7 Å². The van der Waals surface area contributed by atoms with Crippen LogP contribution in [0.4, 0.5) is 0 Å². The largest absolute Gasteiger partial charge is 0.461 e. The third-order valence-corrected chi connectivity index (χ3v) is 2.31. The summed E-state index contributed by atoms with van der Waals surface area (Å²) in [5, 5.41) is 0. The van der Waals surface area contributed by atoms with Crippen LogP contribution in [0, 0.1) is 16.7 Å². The average Bonchev–Trinajstić information content (AvgIpc) is 1.94. The van der Waals surface area contributed by atoms with Crippen LogP contribution in [0.1, 0.15) is 41.5 Å². The zero-order chi connectivity index (χ0) is 12.3. The lowest BCUT2D eigenvalue weighted by molar-refractivity contribution is -0.156. The predicted molar refractivity (Wildman–Crippen MR) is 63.6 cm³/mol. The van der Waals surface area contributed by atoms with E-state index in [1.807, 2.05) is 0 Å². The highest BCUT2D eigenvalue weighted by Gasteiger charge is 2.41. The summed E-state index contributed by atoms with van der Waals surface area (Å²) >= 11 is 0. The first kappa shape index (κ1) is 14.2. The number of carbonyl (C=O) groups excluding carboxylic acids is 1. The van der Waals surface area contributed by atoms with Crippen molar-refractivity contribution in [2.45, 2.75) is 41.5 Å². The van der Waals surface area contributed by atoms with Crippen molar-refractivity contribution in [3.05, 3.63) is 12.7 Å². The molecule has 0 radical (unpaired) electrons. The first-order valence-electron chi connectivity index (χ1n) is 5.38. The highest BCUT2D eigenvalue weighted by molar-refractivity contribution is 5.74. The van der Waals surface area contributed by atoms with Crippen LogP contribution in [0.15, 0.2) is 12.7 Å². The van der Waals surface area contributed by atoms with Crippen LogP contribution in [0.5, 0.6) is 0 Å². The summed E-state index contributed by atoms with van der Waals surface area (Å²) in [7, 11) is 0. The molecule has 0 rings (SSSR count). The van der Waals surface area contributed by atoms with E-state index in [0.29, 0.717) is 6.61 Å². The molecule has 0 aliphatic heterocycles. The number of hydrogen-bond donors (Lipinski definition) is 0. The Kier molecular flexibility index (Phi) is 4.57. The fraction of sp³-hybridized carbons (Fsp3) is 0.769. The molecule has 2 nitrogen and oxygen atoms in total. The Morgan fingerprint density at radius 2 is 1.60 bits per heavy atom. The third kappa shape index (κ3) is 4.50. The van der Waals surface area contributed by atoms with Crippen molar-refractivity contribution in [3.8, 4) is 0 Å². The van der Waals surface area contributed by atoms with E-state index in [9.17, 15) is 4.79 Å². The van der Waals surface area contributed by atoms with Crippen molar-refractivity contribution in [2.24, 2.45) is 16.7 Å². The molecule has 0 unspecified atom stereocenters. The van der Waals surface area contributed by atoms with Gasteiger partial charge in [-0.1, -0.05) is 54.2 Å². The number of ether oxygens (including phenoxy) is 1. The lowest BCUT2D eigenvalue weighted by atomic mass is 9.67. The molecule has 0 amide bonds. The summed E-state index contributed by atoms with van der Waals surface area (Å²) in [6, 6.07) is 0. The van der Waals surface area contributed by atoms with Gasteiger partial charge >= 0.3 is 5.97 Å². The van der Waals surface area contributed by atoms with Crippen molar-refractivity contribution in [2.75, 3.05) is 6.61 Å². The molecule has 0 aliphatic carbocycles. The normalized spacial score (nSPS) is 12.7. The van der Waals surface area contributed by atoms with E-state index < -0.39 is 0 Å².